The molecule has 3 aromatic rings. The second-order valence-electron chi connectivity index (χ2n) is 6.18. The smallest absolute Gasteiger partial charge is 0.365 e. The molecule has 2 aromatic heterocycles. The van der Waals surface area contributed by atoms with Crippen LogP contribution in [0.25, 0.3) is 5.69 Å². The van der Waals surface area contributed by atoms with E-state index in [0.717, 1.165) is 12.1 Å². The average molecular weight is 392 g/mol. The SMILES string of the molecule is CCc1nn(-c2ccnc(Cc3cc(F)cc(C(F)(F)F)c3)c2)cc1C(N)=O. The van der Waals surface area contributed by atoms with Crippen LogP contribution in [0.15, 0.2) is 42.7 Å². The van der Waals surface area contributed by atoms with E-state index in [-0.39, 0.29) is 12.0 Å². The fourth-order valence-corrected chi connectivity index (χ4v) is 2.84. The van der Waals surface area contributed by atoms with Crippen molar-refractivity contribution in [1.29, 1.82) is 0 Å². The predicted molar refractivity (Wildman–Crippen MR) is 93.5 cm³/mol. The molecule has 1 aromatic carbocycles. The first-order valence-electron chi connectivity index (χ1n) is 8.37. The van der Waals surface area contributed by atoms with Gasteiger partial charge in [0.1, 0.15) is 5.82 Å². The molecular weight excluding hydrogens is 376 g/mol. The molecule has 5 nitrogen and oxygen atoms in total. The number of nitrogens with two attached hydrogens (primary N) is 1. The van der Waals surface area contributed by atoms with Gasteiger partial charge in [-0.3, -0.25) is 9.78 Å². The molecular formula is C19H16F4N4O. The van der Waals surface area contributed by atoms with E-state index in [2.05, 4.69) is 10.1 Å². The molecule has 0 bridgehead atoms. The summed E-state index contributed by atoms with van der Waals surface area (Å²) in [5.74, 6) is -1.57. The molecule has 146 valence electrons. The van der Waals surface area contributed by atoms with Crippen molar-refractivity contribution in [3.05, 3.63) is 76.6 Å². The van der Waals surface area contributed by atoms with Crippen molar-refractivity contribution in [2.24, 2.45) is 5.73 Å². The number of nitrogens with zero attached hydrogens (tertiary/aromatic N) is 3. The van der Waals surface area contributed by atoms with Crippen molar-refractivity contribution in [3.63, 3.8) is 0 Å². The van der Waals surface area contributed by atoms with Gasteiger partial charge in [0.2, 0.25) is 0 Å². The molecule has 0 saturated heterocycles. The lowest BCUT2D eigenvalue weighted by Crippen LogP contribution is -2.12. The number of aryl methyl sites for hydroxylation is 1. The Balaban J connectivity index is 1.93. The number of rotatable bonds is 5. The number of primary amides is 1. The summed E-state index contributed by atoms with van der Waals surface area (Å²) in [6, 6.07) is 5.63. The Kier molecular flexibility index (Phi) is 5.17. The normalized spacial score (nSPS) is 11.6. The largest absolute Gasteiger partial charge is 0.416 e. The van der Waals surface area contributed by atoms with E-state index < -0.39 is 23.5 Å². The monoisotopic (exact) mass is 392 g/mol. The number of amides is 1. The lowest BCUT2D eigenvalue weighted by atomic mass is 10.0. The van der Waals surface area contributed by atoms with Crippen molar-refractivity contribution < 1.29 is 22.4 Å². The Bertz CT molecular complexity index is 1030. The first kappa shape index (κ1) is 19.5. The van der Waals surface area contributed by atoms with Crippen LogP contribution in [-0.2, 0) is 19.0 Å². The third kappa shape index (κ3) is 4.19. The van der Waals surface area contributed by atoms with Gasteiger partial charge in [0.05, 0.1) is 22.5 Å². The van der Waals surface area contributed by atoms with Crippen LogP contribution in [0, 0.1) is 5.82 Å². The number of hydrogen-bond acceptors (Lipinski definition) is 3. The number of carbonyl (C=O) groups excluding carboxylic acids is 1. The van der Waals surface area contributed by atoms with Gasteiger partial charge in [0, 0.05) is 24.5 Å². The van der Waals surface area contributed by atoms with Gasteiger partial charge in [-0.25, -0.2) is 9.07 Å². The van der Waals surface area contributed by atoms with E-state index in [1.165, 1.54) is 17.1 Å². The highest BCUT2D eigenvalue weighted by Gasteiger charge is 2.31. The molecule has 0 atom stereocenters. The zero-order valence-electron chi connectivity index (χ0n) is 14.8. The Morgan fingerprint density at radius 1 is 1.21 bits per heavy atom. The van der Waals surface area contributed by atoms with Gasteiger partial charge in [0.25, 0.3) is 5.91 Å². The van der Waals surface area contributed by atoms with Crippen LogP contribution < -0.4 is 5.73 Å². The van der Waals surface area contributed by atoms with Crippen LogP contribution in [0.2, 0.25) is 0 Å². The molecule has 28 heavy (non-hydrogen) atoms. The van der Waals surface area contributed by atoms with Crippen molar-refractivity contribution in [1.82, 2.24) is 14.8 Å². The van der Waals surface area contributed by atoms with E-state index in [1.807, 2.05) is 6.92 Å². The molecule has 0 aliphatic carbocycles. The fourth-order valence-electron chi connectivity index (χ4n) is 2.84. The molecule has 2 heterocycles. The summed E-state index contributed by atoms with van der Waals surface area (Å²) in [5.41, 5.74) is 6.24. The molecule has 0 aliphatic heterocycles. The second-order valence-corrected chi connectivity index (χ2v) is 6.18. The minimum Gasteiger partial charge on any atom is -0.365 e. The minimum atomic E-state index is -4.64. The summed E-state index contributed by atoms with van der Waals surface area (Å²) in [7, 11) is 0. The average Bonchev–Trinajstić information content (AvgIpc) is 3.05. The van der Waals surface area contributed by atoms with Crippen LogP contribution in [-0.4, -0.2) is 20.7 Å². The third-order valence-corrected chi connectivity index (χ3v) is 4.13. The van der Waals surface area contributed by atoms with E-state index >= 15 is 0 Å². The summed E-state index contributed by atoms with van der Waals surface area (Å²) < 4.78 is 53.7. The molecule has 0 saturated carbocycles. The molecule has 0 spiro atoms. The maximum Gasteiger partial charge on any atom is 0.416 e. The van der Waals surface area contributed by atoms with Crippen LogP contribution in [0.4, 0.5) is 17.6 Å². The van der Waals surface area contributed by atoms with E-state index in [4.69, 9.17) is 5.73 Å². The molecule has 0 radical (unpaired) electrons. The lowest BCUT2D eigenvalue weighted by Gasteiger charge is -2.10. The number of aromatic nitrogens is 3. The maximum absolute atomic E-state index is 13.6. The summed E-state index contributed by atoms with van der Waals surface area (Å²) in [4.78, 5) is 15.6. The van der Waals surface area contributed by atoms with Gasteiger partial charge < -0.3 is 5.73 Å². The van der Waals surface area contributed by atoms with Gasteiger partial charge in [-0.05, 0) is 42.3 Å². The number of benzene rings is 1. The standard InChI is InChI=1S/C19H16F4N4O/c1-2-17-16(18(24)28)10-27(26-17)15-3-4-25-14(9-15)7-11-5-12(19(21,22)23)8-13(20)6-11/h3-6,8-10H,2,7H2,1H3,(H2,24,28). The second kappa shape index (κ2) is 7.41. The summed E-state index contributed by atoms with van der Waals surface area (Å²) in [6.45, 7) is 1.83. The van der Waals surface area contributed by atoms with Crippen LogP contribution in [0.3, 0.4) is 0 Å². The fraction of sp³-hybridized carbons (Fsp3) is 0.211. The lowest BCUT2D eigenvalue weighted by molar-refractivity contribution is -0.137. The van der Waals surface area contributed by atoms with Crippen molar-refractivity contribution >= 4 is 5.91 Å². The Labute approximate surface area is 157 Å². The van der Waals surface area contributed by atoms with Crippen LogP contribution in [0.5, 0.6) is 0 Å². The van der Waals surface area contributed by atoms with Gasteiger partial charge in [-0.1, -0.05) is 6.92 Å². The number of carbonyl (C=O) groups is 1. The van der Waals surface area contributed by atoms with E-state index in [0.29, 0.717) is 35.1 Å². The number of alkyl halides is 3. The summed E-state index contributed by atoms with van der Waals surface area (Å²) >= 11 is 0. The summed E-state index contributed by atoms with van der Waals surface area (Å²) in [6.07, 6.45) is -1.18. The van der Waals surface area contributed by atoms with Crippen molar-refractivity contribution in [2.45, 2.75) is 25.9 Å². The van der Waals surface area contributed by atoms with Crippen molar-refractivity contribution in [2.75, 3.05) is 0 Å². The van der Waals surface area contributed by atoms with Crippen LogP contribution in [0.1, 0.15) is 39.8 Å². The Morgan fingerprint density at radius 3 is 2.57 bits per heavy atom. The molecule has 2 N–H and O–H groups in total. The van der Waals surface area contributed by atoms with Gasteiger partial charge in [-0.15, -0.1) is 0 Å². The molecule has 0 fully saturated rings. The molecule has 1 amide bonds. The predicted octanol–water partition coefficient (Wildman–Crippen LogP) is 3.68. The number of hydrogen-bond donors (Lipinski definition) is 1. The molecule has 9 heteroatoms. The highest BCUT2D eigenvalue weighted by molar-refractivity contribution is 5.93. The van der Waals surface area contributed by atoms with E-state index in [1.54, 1.807) is 12.1 Å². The first-order chi connectivity index (χ1) is 13.2. The quantitative estimate of drug-likeness (QED) is 0.673. The zero-order valence-corrected chi connectivity index (χ0v) is 14.8. The first-order valence-corrected chi connectivity index (χ1v) is 8.37. The van der Waals surface area contributed by atoms with Gasteiger partial charge >= 0.3 is 6.18 Å². The van der Waals surface area contributed by atoms with Crippen molar-refractivity contribution in [3.8, 4) is 5.69 Å². The minimum absolute atomic E-state index is 0.000734. The number of halogens is 4. The summed E-state index contributed by atoms with van der Waals surface area (Å²) in [5, 5.41) is 4.31. The third-order valence-electron chi connectivity index (χ3n) is 4.13. The number of pyridine rings is 1. The van der Waals surface area contributed by atoms with E-state index in [9.17, 15) is 22.4 Å². The van der Waals surface area contributed by atoms with Gasteiger partial charge in [-0.2, -0.15) is 18.3 Å². The molecule has 0 aliphatic rings. The maximum atomic E-state index is 13.6. The zero-order chi connectivity index (χ0) is 20.5. The molecule has 0 unspecified atom stereocenters. The Morgan fingerprint density at radius 2 is 1.96 bits per heavy atom. The highest BCUT2D eigenvalue weighted by Crippen LogP contribution is 2.31. The topological polar surface area (TPSA) is 73.8 Å². The highest BCUT2D eigenvalue weighted by atomic mass is 19.4. The van der Waals surface area contributed by atoms with Gasteiger partial charge in [0.15, 0.2) is 0 Å². The molecule has 3 rings (SSSR count). The van der Waals surface area contributed by atoms with Crippen LogP contribution >= 0.6 is 0 Å². The Hall–Kier alpha value is -3.23.